The number of fused-ring (bicyclic) bond motifs is 1. The second kappa shape index (κ2) is 7.13. The number of carbonyl (C=O) groups excluding carboxylic acids is 1. The zero-order chi connectivity index (χ0) is 23.1. The molecule has 0 amide bonds. The Morgan fingerprint density at radius 2 is 1.84 bits per heavy atom. The molecule has 0 aromatic heterocycles. The Morgan fingerprint density at radius 3 is 2.50 bits per heavy atom. The highest BCUT2D eigenvalue weighted by Gasteiger charge is 2.60. The smallest absolute Gasteiger partial charge is 0.175 e. The van der Waals surface area contributed by atoms with Gasteiger partial charge in [0.15, 0.2) is 15.6 Å². The van der Waals surface area contributed by atoms with Crippen molar-refractivity contribution >= 4 is 15.6 Å². The van der Waals surface area contributed by atoms with E-state index in [-0.39, 0.29) is 34.1 Å². The zero-order valence-corrected chi connectivity index (χ0v) is 20.1. The van der Waals surface area contributed by atoms with Crippen molar-refractivity contribution in [3.8, 4) is 0 Å². The Labute approximate surface area is 190 Å². The molecule has 32 heavy (non-hydrogen) atoms. The lowest BCUT2D eigenvalue weighted by atomic mass is 9.54. The van der Waals surface area contributed by atoms with Gasteiger partial charge in [0.1, 0.15) is 6.17 Å². The van der Waals surface area contributed by atoms with Crippen LogP contribution in [0.3, 0.4) is 0 Å². The van der Waals surface area contributed by atoms with Gasteiger partial charge in [-0.2, -0.15) is 0 Å². The highest BCUT2D eigenvalue weighted by atomic mass is 32.2. The Kier molecular flexibility index (Phi) is 4.92. The number of piperidine rings is 1. The van der Waals surface area contributed by atoms with Gasteiger partial charge in [0.2, 0.25) is 0 Å². The average molecular weight is 461 g/mol. The molecule has 5 rings (SSSR count). The Hall–Kier alpha value is -1.73. The summed E-state index contributed by atoms with van der Waals surface area (Å²) in [5, 5.41) is 6.99. The number of rotatable bonds is 3. The summed E-state index contributed by atoms with van der Waals surface area (Å²) in [6.45, 7) is 6.55. The van der Waals surface area contributed by atoms with Crippen LogP contribution in [0.15, 0.2) is 40.4 Å². The van der Waals surface area contributed by atoms with E-state index in [1.165, 1.54) is 6.26 Å². The van der Waals surface area contributed by atoms with E-state index in [2.05, 4.69) is 24.5 Å². The summed E-state index contributed by atoms with van der Waals surface area (Å²) in [6.07, 6.45) is 3.27. The molecule has 1 aromatic carbocycles. The van der Waals surface area contributed by atoms with Crippen molar-refractivity contribution in [2.75, 3.05) is 12.8 Å². The lowest BCUT2D eigenvalue weighted by Crippen LogP contribution is -2.68. The molecule has 4 aliphatic rings. The number of hydrogen-bond acceptors (Lipinski definition) is 5. The van der Waals surface area contributed by atoms with Crippen molar-refractivity contribution in [3.05, 3.63) is 41.1 Å². The molecule has 2 heterocycles. The van der Waals surface area contributed by atoms with Crippen molar-refractivity contribution in [1.82, 2.24) is 10.6 Å². The first-order valence-corrected chi connectivity index (χ1v) is 13.5. The van der Waals surface area contributed by atoms with Gasteiger partial charge < -0.3 is 5.32 Å². The number of nitrogens with one attached hydrogen (secondary N) is 2. The molecular weight excluding hydrogens is 427 g/mol. The summed E-state index contributed by atoms with van der Waals surface area (Å²) in [4.78, 5) is 13.9. The average Bonchev–Trinajstić information content (AvgIpc) is 3.51. The minimum Gasteiger partial charge on any atom is -0.372 e. The summed E-state index contributed by atoms with van der Waals surface area (Å²) >= 11 is 0. The number of alkyl halides is 1. The molecule has 1 saturated heterocycles. The summed E-state index contributed by atoms with van der Waals surface area (Å²) in [5.41, 5.74) is 1.52. The number of halogens is 1. The molecule has 0 spiro atoms. The molecule has 1 aromatic rings. The number of carbonyl (C=O) groups is 1. The first kappa shape index (κ1) is 22.1. The Morgan fingerprint density at radius 1 is 1.12 bits per heavy atom. The van der Waals surface area contributed by atoms with Gasteiger partial charge in [-0.15, -0.1) is 0 Å². The third-order valence-electron chi connectivity index (χ3n) is 8.14. The van der Waals surface area contributed by atoms with E-state index < -0.39 is 21.4 Å². The summed E-state index contributed by atoms with van der Waals surface area (Å²) in [5.74, 6) is 0.0518. The normalized spacial score (nSPS) is 36.8. The monoisotopic (exact) mass is 460 g/mol. The van der Waals surface area contributed by atoms with Crippen molar-refractivity contribution in [1.29, 1.82) is 0 Å². The highest BCUT2D eigenvalue weighted by molar-refractivity contribution is 7.90. The van der Waals surface area contributed by atoms with Gasteiger partial charge in [-0.05, 0) is 48.3 Å². The molecule has 2 fully saturated rings. The fourth-order valence-corrected chi connectivity index (χ4v) is 7.33. The van der Waals surface area contributed by atoms with Crippen LogP contribution in [-0.2, 0) is 20.0 Å². The van der Waals surface area contributed by atoms with Crippen LogP contribution in [-0.4, -0.2) is 39.3 Å². The van der Waals surface area contributed by atoms with E-state index in [9.17, 15) is 13.2 Å². The predicted octanol–water partition coefficient (Wildman–Crippen LogP) is 3.50. The molecule has 2 aliphatic carbocycles. The second-order valence-corrected chi connectivity index (χ2v) is 13.3. The lowest BCUT2D eigenvalue weighted by Gasteiger charge is -2.57. The SMILES string of the molecule is CC1(C)CC(=O)C2=C(C1)NC1NCC(F)C(C3CC3)C1[C@]2(C)c1cccc(S(C)(=O)=O)c1. The van der Waals surface area contributed by atoms with Crippen LogP contribution in [0.5, 0.6) is 0 Å². The molecule has 7 heteroatoms. The maximum Gasteiger partial charge on any atom is 0.175 e. The molecule has 4 unspecified atom stereocenters. The van der Waals surface area contributed by atoms with Gasteiger partial charge in [-0.25, -0.2) is 12.8 Å². The van der Waals surface area contributed by atoms with Crippen molar-refractivity contribution in [2.24, 2.45) is 23.2 Å². The van der Waals surface area contributed by atoms with Gasteiger partial charge in [0, 0.05) is 47.7 Å². The lowest BCUT2D eigenvalue weighted by molar-refractivity contribution is -0.120. The number of ketones is 1. The number of Topliss-reactive ketones (excluding diaryl/α,β-unsaturated/α-hetero) is 1. The van der Waals surface area contributed by atoms with Crippen LogP contribution in [0.2, 0.25) is 0 Å². The molecule has 0 bridgehead atoms. The third-order valence-corrected chi connectivity index (χ3v) is 9.25. The largest absolute Gasteiger partial charge is 0.372 e. The van der Waals surface area contributed by atoms with Gasteiger partial charge in [0.05, 0.1) is 11.1 Å². The maximum atomic E-state index is 15.4. The molecule has 2 aliphatic heterocycles. The zero-order valence-electron chi connectivity index (χ0n) is 19.2. The highest BCUT2D eigenvalue weighted by Crippen LogP contribution is 2.58. The fraction of sp³-hybridized carbons (Fsp3) is 0.640. The van der Waals surface area contributed by atoms with Crippen LogP contribution < -0.4 is 10.6 Å². The molecule has 2 N–H and O–H groups in total. The molecule has 174 valence electrons. The Bertz CT molecular complexity index is 1110. The van der Waals surface area contributed by atoms with Gasteiger partial charge in [-0.1, -0.05) is 32.9 Å². The maximum absolute atomic E-state index is 15.4. The predicted molar refractivity (Wildman–Crippen MR) is 121 cm³/mol. The second-order valence-electron chi connectivity index (χ2n) is 11.3. The minimum atomic E-state index is -3.42. The molecule has 5 atom stereocenters. The van der Waals surface area contributed by atoms with Crippen molar-refractivity contribution in [2.45, 2.75) is 69.1 Å². The van der Waals surface area contributed by atoms with E-state index >= 15 is 4.39 Å². The van der Waals surface area contributed by atoms with Crippen LogP contribution in [0.25, 0.3) is 0 Å². The number of sulfone groups is 1. The molecule has 1 saturated carbocycles. The molecule has 0 radical (unpaired) electrons. The number of hydrogen-bond donors (Lipinski definition) is 2. The molecular formula is C25H33FN2O3S. The third kappa shape index (κ3) is 3.43. The van der Waals surface area contributed by atoms with Crippen LogP contribution in [0.1, 0.15) is 52.0 Å². The van der Waals surface area contributed by atoms with E-state index in [0.29, 0.717) is 18.9 Å². The minimum absolute atomic E-state index is 0.0880. The standard InChI is InChI=1S/C25H33FN2O3S/c1-24(2)11-18-21(19(29)12-24)25(3,15-6-5-7-16(10-15)32(4,30)31)22-20(14-8-9-14)17(26)13-27-23(22)28-18/h5-7,10,14,17,20,22-23,27-28H,8-9,11-13H2,1-4H3/t17?,20?,22?,23?,25-/m1/s1. The van der Waals surface area contributed by atoms with Gasteiger partial charge in [-0.3, -0.25) is 10.1 Å². The van der Waals surface area contributed by atoms with Crippen LogP contribution >= 0.6 is 0 Å². The van der Waals surface area contributed by atoms with Crippen molar-refractivity contribution in [3.63, 3.8) is 0 Å². The first-order chi connectivity index (χ1) is 14.9. The van der Waals surface area contributed by atoms with E-state index in [1.807, 2.05) is 13.0 Å². The van der Waals surface area contributed by atoms with Crippen LogP contribution in [0, 0.1) is 23.2 Å². The summed E-state index contributed by atoms with van der Waals surface area (Å²) < 4.78 is 40.1. The molecule has 5 nitrogen and oxygen atoms in total. The van der Waals surface area contributed by atoms with Crippen molar-refractivity contribution < 1.29 is 17.6 Å². The summed E-state index contributed by atoms with van der Waals surface area (Å²) in [6, 6.07) is 6.97. The van der Waals surface area contributed by atoms with Crippen LogP contribution in [0.4, 0.5) is 4.39 Å². The number of benzene rings is 1. The topological polar surface area (TPSA) is 75.3 Å². The van der Waals surface area contributed by atoms with E-state index in [0.717, 1.165) is 36.1 Å². The Balaban J connectivity index is 1.75. The summed E-state index contributed by atoms with van der Waals surface area (Å²) in [7, 11) is -3.42. The van der Waals surface area contributed by atoms with E-state index in [4.69, 9.17) is 0 Å². The fourth-order valence-electron chi connectivity index (χ4n) is 6.67. The quantitative estimate of drug-likeness (QED) is 0.722. The first-order valence-electron chi connectivity index (χ1n) is 11.6. The number of allylic oxidation sites excluding steroid dienone is 2. The van der Waals surface area contributed by atoms with E-state index in [1.54, 1.807) is 18.2 Å². The van der Waals surface area contributed by atoms with Gasteiger partial charge in [0.25, 0.3) is 0 Å². The van der Waals surface area contributed by atoms with Gasteiger partial charge >= 0.3 is 0 Å².